The fraction of sp³-hybridized carbons (Fsp3) is 0.471. The summed E-state index contributed by atoms with van der Waals surface area (Å²) < 4.78 is 11.3. The SMILES string of the molecule is O=CN([C@H](Cc1coc2ccccc12)B(O)O)[C@H]1C[C@H]2CC[C@@H]1O2. The number of hydrogen-bond acceptors (Lipinski definition) is 5. The molecule has 2 aromatic rings. The van der Waals surface area contributed by atoms with E-state index in [9.17, 15) is 14.8 Å². The number of carbonyl (C=O) groups is 1. The standard InChI is InChI=1S/C17H20BNO5/c20-10-19(14-8-12-5-6-16(14)24-12)17(18(21)22)7-11-9-23-15-4-2-1-3-13(11)15/h1-4,9-10,12,14,16-17,21-22H,5-8H2/t12-,14+,16+,17-/m1/s1. The summed E-state index contributed by atoms with van der Waals surface area (Å²) in [6.45, 7) is 0. The molecule has 4 rings (SSSR count). The Kier molecular flexibility index (Phi) is 4.08. The van der Waals surface area contributed by atoms with Gasteiger partial charge in [0.25, 0.3) is 0 Å². The number of benzene rings is 1. The van der Waals surface area contributed by atoms with Crippen LogP contribution in [0.4, 0.5) is 0 Å². The fourth-order valence-corrected chi connectivity index (χ4v) is 4.11. The maximum absolute atomic E-state index is 11.7. The lowest BCUT2D eigenvalue weighted by atomic mass is 9.73. The lowest BCUT2D eigenvalue weighted by molar-refractivity contribution is -0.122. The van der Waals surface area contributed by atoms with Crippen LogP contribution in [0.5, 0.6) is 0 Å². The number of fused-ring (bicyclic) bond motifs is 3. The highest BCUT2D eigenvalue weighted by molar-refractivity contribution is 6.43. The lowest BCUT2D eigenvalue weighted by Gasteiger charge is -2.35. The van der Waals surface area contributed by atoms with Gasteiger partial charge in [0.15, 0.2) is 0 Å². The molecule has 126 valence electrons. The summed E-state index contributed by atoms with van der Waals surface area (Å²) in [5.74, 6) is -0.726. The molecule has 1 aromatic heterocycles. The van der Waals surface area contributed by atoms with Crippen molar-refractivity contribution in [3.05, 3.63) is 36.1 Å². The molecular weight excluding hydrogens is 309 g/mol. The first kappa shape index (κ1) is 15.7. The van der Waals surface area contributed by atoms with E-state index in [0.717, 1.165) is 42.2 Å². The van der Waals surface area contributed by atoms with Crippen LogP contribution in [0.3, 0.4) is 0 Å². The second-order valence-electron chi connectivity index (χ2n) is 6.67. The maximum atomic E-state index is 11.7. The van der Waals surface area contributed by atoms with Gasteiger partial charge in [0.2, 0.25) is 6.41 Å². The second-order valence-corrected chi connectivity index (χ2v) is 6.67. The lowest BCUT2D eigenvalue weighted by Crippen LogP contribution is -2.54. The number of para-hydroxylation sites is 1. The van der Waals surface area contributed by atoms with Gasteiger partial charge < -0.3 is 24.1 Å². The number of ether oxygens (including phenoxy) is 1. The Balaban J connectivity index is 1.60. The quantitative estimate of drug-likeness (QED) is 0.613. The highest BCUT2D eigenvalue weighted by Gasteiger charge is 2.46. The summed E-state index contributed by atoms with van der Waals surface area (Å²) in [6.07, 6.45) is 5.56. The van der Waals surface area contributed by atoms with Gasteiger partial charge in [-0.15, -0.1) is 0 Å². The van der Waals surface area contributed by atoms with Crippen molar-refractivity contribution in [3.63, 3.8) is 0 Å². The highest BCUT2D eigenvalue weighted by Crippen LogP contribution is 2.38. The topological polar surface area (TPSA) is 83.1 Å². The van der Waals surface area contributed by atoms with Crippen molar-refractivity contribution in [2.75, 3.05) is 0 Å². The van der Waals surface area contributed by atoms with Gasteiger partial charge >= 0.3 is 7.12 Å². The van der Waals surface area contributed by atoms with Crippen LogP contribution in [0, 0.1) is 0 Å². The molecule has 3 heterocycles. The molecule has 0 spiro atoms. The molecule has 1 aromatic carbocycles. The van der Waals surface area contributed by atoms with Crippen LogP contribution >= 0.6 is 0 Å². The smallest absolute Gasteiger partial charge is 0.464 e. The first-order valence-electron chi connectivity index (χ1n) is 8.37. The number of hydrogen-bond donors (Lipinski definition) is 2. The van der Waals surface area contributed by atoms with Crippen molar-refractivity contribution >= 4 is 24.5 Å². The monoisotopic (exact) mass is 329 g/mol. The van der Waals surface area contributed by atoms with E-state index in [1.165, 1.54) is 4.90 Å². The molecule has 0 unspecified atom stereocenters. The third-order valence-corrected chi connectivity index (χ3v) is 5.30. The van der Waals surface area contributed by atoms with E-state index in [2.05, 4.69) is 0 Å². The Labute approximate surface area is 140 Å². The highest BCUT2D eigenvalue weighted by atomic mass is 16.5. The minimum atomic E-state index is -1.62. The summed E-state index contributed by atoms with van der Waals surface area (Å²) >= 11 is 0. The van der Waals surface area contributed by atoms with Crippen LogP contribution in [0.1, 0.15) is 24.8 Å². The van der Waals surface area contributed by atoms with Crippen LogP contribution < -0.4 is 0 Å². The number of nitrogens with zero attached hydrogens (tertiary/aromatic N) is 1. The van der Waals surface area contributed by atoms with Gasteiger partial charge in [0, 0.05) is 5.39 Å². The molecule has 4 atom stereocenters. The molecule has 24 heavy (non-hydrogen) atoms. The largest absolute Gasteiger partial charge is 0.476 e. The average Bonchev–Trinajstić information content (AvgIpc) is 3.30. The Morgan fingerprint density at radius 3 is 2.83 bits per heavy atom. The van der Waals surface area contributed by atoms with E-state index in [-0.39, 0.29) is 18.2 Å². The number of rotatable bonds is 6. The minimum Gasteiger partial charge on any atom is -0.464 e. The molecule has 2 saturated heterocycles. The maximum Gasteiger partial charge on any atom is 0.476 e. The average molecular weight is 329 g/mol. The number of furan rings is 1. The van der Waals surface area contributed by atoms with Gasteiger partial charge in [-0.25, -0.2) is 0 Å². The third kappa shape index (κ3) is 2.62. The Morgan fingerprint density at radius 1 is 1.33 bits per heavy atom. The molecule has 2 fully saturated rings. The zero-order chi connectivity index (χ0) is 16.7. The Bertz CT molecular complexity index is 733. The normalized spacial score (nSPS) is 26.7. The third-order valence-electron chi connectivity index (χ3n) is 5.30. The zero-order valence-corrected chi connectivity index (χ0v) is 13.2. The van der Waals surface area contributed by atoms with Gasteiger partial charge in [-0.2, -0.15) is 0 Å². The van der Waals surface area contributed by atoms with E-state index in [0.29, 0.717) is 6.42 Å². The summed E-state index contributed by atoms with van der Waals surface area (Å²) in [6, 6.07) is 7.50. The van der Waals surface area contributed by atoms with Crippen LogP contribution in [0.2, 0.25) is 0 Å². The molecular formula is C17H20BNO5. The van der Waals surface area contributed by atoms with Crippen molar-refractivity contribution in [1.29, 1.82) is 0 Å². The van der Waals surface area contributed by atoms with E-state index in [4.69, 9.17) is 9.15 Å². The van der Waals surface area contributed by atoms with Crippen molar-refractivity contribution in [2.24, 2.45) is 0 Å². The van der Waals surface area contributed by atoms with Crippen molar-refractivity contribution in [3.8, 4) is 0 Å². The van der Waals surface area contributed by atoms with E-state index >= 15 is 0 Å². The van der Waals surface area contributed by atoms with Gasteiger partial charge in [0.1, 0.15) is 5.58 Å². The van der Waals surface area contributed by atoms with Gasteiger partial charge in [-0.1, -0.05) is 18.2 Å². The minimum absolute atomic E-state index is 0.00236. The summed E-state index contributed by atoms with van der Waals surface area (Å²) in [5.41, 5.74) is 1.61. The molecule has 7 heteroatoms. The predicted molar refractivity (Wildman–Crippen MR) is 88.1 cm³/mol. The molecule has 0 saturated carbocycles. The van der Waals surface area contributed by atoms with E-state index in [1.54, 1.807) is 6.26 Å². The predicted octanol–water partition coefficient (Wildman–Crippen LogP) is 1.13. The molecule has 0 aliphatic carbocycles. The molecule has 2 aliphatic rings. The van der Waals surface area contributed by atoms with Gasteiger partial charge in [-0.05, 0) is 37.3 Å². The molecule has 2 bridgehead atoms. The van der Waals surface area contributed by atoms with Crippen LogP contribution in [-0.4, -0.2) is 52.7 Å². The van der Waals surface area contributed by atoms with Crippen molar-refractivity contribution < 1.29 is 24.0 Å². The second kappa shape index (κ2) is 6.24. The first-order valence-corrected chi connectivity index (χ1v) is 8.37. The van der Waals surface area contributed by atoms with Crippen molar-refractivity contribution in [2.45, 2.75) is 49.9 Å². The Hall–Kier alpha value is -1.83. The zero-order valence-electron chi connectivity index (χ0n) is 13.2. The number of carbonyl (C=O) groups excluding carboxylic acids is 1. The van der Waals surface area contributed by atoms with E-state index < -0.39 is 13.1 Å². The van der Waals surface area contributed by atoms with Gasteiger partial charge in [-0.3, -0.25) is 4.79 Å². The molecule has 0 radical (unpaired) electrons. The molecule has 6 nitrogen and oxygen atoms in total. The summed E-state index contributed by atoms with van der Waals surface area (Å²) in [7, 11) is -1.62. The van der Waals surface area contributed by atoms with Gasteiger partial charge in [0.05, 0.1) is 30.5 Å². The summed E-state index contributed by atoms with van der Waals surface area (Å²) in [5, 5.41) is 20.7. The van der Waals surface area contributed by atoms with Crippen LogP contribution in [0.25, 0.3) is 11.0 Å². The van der Waals surface area contributed by atoms with Crippen molar-refractivity contribution in [1.82, 2.24) is 4.90 Å². The van der Waals surface area contributed by atoms with Crippen LogP contribution in [-0.2, 0) is 16.0 Å². The van der Waals surface area contributed by atoms with E-state index in [1.807, 2.05) is 24.3 Å². The summed E-state index contributed by atoms with van der Waals surface area (Å²) in [4.78, 5) is 13.3. The molecule has 1 amide bonds. The van der Waals surface area contributed by atoms with Crippen LogP contribution in [0.15, 0.2) is 34.9 Å². The molecule has 2 N–H and O–H groups in total. The fourth-order valence-electron chi connectivity index (χ4n) is 4.11. The molecule has 2 aliphatic heterocycles. The first-order chi connectivity index (χ1) is 11.7. The Morgan fingerprint density at radius 2 is 2.17 bits per heavy atom. The number of amides is 1.